The first-order chi connectivity index (χ1) is 10.2. The van der Waals surface area contributed by atoms with Gasteiger partial charge in [-0.2, -0.15) is 0 Å². The summed E-state index contributed by atoms with van der Waals surface area (Å²) in [4.78, 5) is 27.9. The molecule has 0 saturated carbocycles. The van der Waals surface area contributed by atoms with Crippen molar-refractivity contribution in [1.82, 2.24) is 24.9 Å². The summed E-state index contributed by atoms with van der Waals surface area (Å²) >= 11 is 1.22. The van der Waals surface area contributed by atoms with Crippen LogP contribution in [0.4, 0.5) is 0 Å². The highest BCUT2D eigenvalue weighted by atomic mass is 32.2. The number of carbonyl (C=O) groups excluding carboxylic acids is 2. The summed E-state index contributed by atoms with van der Waals surface area (Å²) in [6.07, 6.45) is 0. The summed E-state index contributed by atoms with van der Waals surface area (Å²) in [7, 11) is 0. The minimum absolute atomic E-state index is 0.0932. The molecule has 0 aromatic carbocycles. The van der Waals surface area contributed by atoms with Crippen LogP contribution >= 0.6 is 11.8 Å². The molecule has 0 unspecified atom stereocenters. The van der Waals surface area contributed by atoms with Crippen molar-refractivity contribution in [2.24, 2.45) is 5.41 Å². The van der Waals surface area contributed by atoms with E-state index in [9.17, 15) is 9.59 Å². The predicted octanol–water partition coefficient (Wildman–Crippen LogP) is 1.52. The SMILES string of the molecule is Cc1cc(C)n2c(SCC(=O)NC(=O)C(C)(C)C)nnc2n1. The Morgan fingerprint density at radius 3 is 2.59 bits per heavy atom. The van der Waals surface area contributed by atoms with Gasteiger partial charge in [0.2, 0.25) is 11.8 Å². The second-order valence-corrected chi connectivity index (χ2v) is 7.02. The van der Waals surface area contributed by atoms with Crippen molar-refractivity contribution in [2.45, 2.75) is 39.8 Å². The van der Waals surface area contributed by atoms with E-state index in [1.54, 1.807) is 25.2 Å². The lowest BCUT2D eigenvalue weighted by atomic mass is 9.96. The Hall–Kier alpha value is -1.96. The minimum atomic E-state index is -0.597. The van der Waals surface area contributed by atoms with E-state index in [0.717, 1.165) is 11.4 Å². The van der Waals surface area contributed by atoms with E-state index in [2.05, 4.69) is 20.5 Å². The summed E-state index contributed by atoms with van der Waals surface area (Å²) in [6.45, 7) is 9.09. The van der Waals surface area contributed by atoms with Crippen LogP contribution in [0.15, 0.2) is 11.2 Å². The van der Waals surface area contributed by atoms with Crippen LogP contribution in [0.2, 0.25) is 0 Å². The third-order valence-electron chi connectivity index (χ3n) is 2.93. The second kappa shape index (κ2) is 6.04. The molecule has 2 rings (SSSR count). The summed E-state index contributed by atoms with van der Waals surface area (Å²) in [5, 5.41) is 11.0. The Labute approximate surface area is 132 Å². The molecule has 2 aromatic heterocycles. The standard InChI is InChI=1S/C14H19N5O2S/c1-8-6-9(2)19-12(15-8)17-18-13(19)22-7-10(20)16-11(21)14(3,4)5/h6H,7H2,1-5H3,(H,16,20,21). The highest BCUT2D eigenvalue weighted by Crippen LogP contribution is 2.18. The largest absolute Gasteiger partial charge is 0.295 e. The van der Waals surface area contributed by atoms with Crippen LogP contribution in [0, 0.1) is 19.3 Å². The molecule has 2 amide bonds. The number of rotatable bonds is 3. The van der Waals surface area contributed by atoms with Crippen LogP contribution in [0.5, 0.6) is 0 Å². The number of fused-ring (bicyclic) bond motifs is 1. The third kappa shape index (κ3) is 3.62. The van der Waals surface area contributed by atoms with Gasteiger partial charge in [0.25, 0.3) is 5.78 Å². The van der Waals surface area contributed by atoms with Gasteiger partial charge in [-0.1, -0.05) is 32.5 Å². The normalized spacial score (nSPS) is 11.7. The quantitative estimate of drug-likeness (QED) is 0.862. The van der Waals surface area contributed by atoms with Gasteiger partial charge in [-0.05, 0) is 19.9 Å². The van der Waals surface area contributed by atoms with Crippen molar-refractivity contribution in [3.05, 3.63) is 17.5 Å². The Morgan fingerprint density at radius 2 is 1.95 bits per heavy atom. The molecular weight excluding hydrogens is 302 g/mol. The number of aromatic nitrogens is 4. The van der Waals surface area contributed by atoms with E-state index in [4.69, 9.17) is 0 Å². The van der Waals surface area contributed by atoms with E-state index in [1.807, 2.05) is 19.9 Å². The molecule has 2 aromatic rings. The average molecular weight is 321 g/mol. The van der Waals surface area contributed by atoms with E-state index in [-0.39, 0.29) is 17.6 Å². The first-order valence-corrected chi connectivity index (χ1v) is 7.83. The Kier molecular flexibility index (Phi) is 4.50. The Balaban J connectivity index is 2.07. The highest BCUT2D eigenvalue weighted by Gasteiger charge is 2.23. The molecule has 8 heteroatoms. The summed E-state index contributed by atoms with van der Waals surface area (Å²) < 4.78 is 1.79. The van der Waals surface area contributed by atoms with Crippen molar-refractivity contribution in [3.63, 3.8) is 0 Å². The number of aryl methyl sites for hydroxylation is 2. The van der Waals surface area contributed by atoms with Crippen LogP contribution in [0.3, 0.4) is 0 Å². The molecule has 0 aliphatic heterocycles. The predicted molar refractivity (Wildman–Crippen MR) is 83.6 cm³/mol. The van der Waals surface area contributed by atoms with Crippen molar-refractivity contribution >= 4 is 29.4 Å². The molecular formula is C14H19N5O2S. The number of thioether (sulfide) groups is 1. The highest BCUT2D eigenvalue weighted by molar-refractivity contribution is 7.99. The van der Waals surface area contributed by atoms with Crippen molar-refractivity contribution in [2.75, 3.05) is 5.75 Å². The fourth-order valence-electron chi connectivity index (χ4n) is 1.77. The van der Waals surface area contributed by atoms with Gasteiger partial charge in [-0.3, -0.25) is 19.3 Å². The number of carbonyl (C=O) groups is 2. The van der Waals surface area contributed by atoms with Crippen LogP contribution in [0.1, 0.15) is 32.2 Å². The molecule has 0 aliphatic carbocycles. The van der Waals surface area contributed by atoms with Crippen molar-refractivity contribution in [3.8, 4) is 0 Å². The lowest BCUT2D eigenvalue weighted by Gasteiger charge is -2.16. The van der Waals surface area contributed by atoms with Crippen LogP contribution in [-0.2, 0) is 9.59 Å². The lowest BCUT2D eigenvalue weighted by molar-refractivity contribution is -0.134. The number of nitrogens with one attached hydrogen (secondary N) is 1. The fraction of sp³-hybridized carbons (Fsp3) is 0.500. The van der Waals surface area contributed by atoms with E-state index >= 15 is 0 Å². The first kappa shape index (κ1) is 16.4. The third-order valence-corrected chi connectivity index (χ3v) is 3.86. The summed E-state index contributed by atoms with van der Waals surface area (Å²) in [6, 6.07) is 1.92. The first-order valence-electron chi connectivity index (χ1n) is 6.85. The van der Waals surface area contributed by atoms with E-state index in [1.165, 1.54) is 11.8 Å². The smallest absolute Gasteiger partial charge is 0.256 e. The lowest BCUT2D eigenvalue weighted by Crippen LogP contribution is -2.39. The Morgan fingerprint density at radius 1 is 1.27 bits per heavy atom. The number of imide groups is 1. The van der Waals surface area contributed by atoms with Gasteiger partial charge < -0.3 is 0 Å². The molecule has 0 aliphatic rings. The number of nitrogens with zero attached hydrogens (tertiary/aromatic N) is 4. The maximum Gasteiger partial charge on any atom is 0.256 e. The van der Waals surface area contributed by atoms with Crippen molar-refractivity contribution in [1.29, 1.82) is 0 Å². The van der Waals surface area contributed by atoms with Gasteiger partial charge in [0.1, 0.15) is 0 Å². The molecule has 22 heavy (non-hydrogen) atoms. The fourth-order valence-corrected chi connectivity index (χ4v) is 2.56. The van der Waals surface area contributed by atoms with Gasteiger partial charge in [-0.25, -0.2) is 4.98 Å². The van der Waals surface area contributed by atoms with Gasteiger partial charge in [0.05, 0.1) is 5.75 Å². The molecule has 7 nitrogen and oxygen atoms in total. The van der Waals surface area contributed by atoms with Gasteiger partial charge in [0.15, 0.2) is 5.16 Å². The number of hydrogen-bond acceptors (Lipinski definition) is 6. The molecule has 0 bridgehead atoms. The topological polar surface area (TPSA) is 89.2 Å². The number of amides is 2. The second-order valence-electron chi connectivity index (χ2n) is 6.07. The molecule has 2 heterocycles. The zero-order valence-corrected chi connectivity index (χ0v) is 14.1. The summed E-state index contributed by atoms with van der Waals surface area (Å²) in [5.41, 5.74) is 1.21. The molecule has 0 radical (unpaired) electrons. The zero-order valence-electron chi connectivity index (χ0n) is 13.3. The maximum absolute atomic E-state index is 11.8. The molecule has 1 N–H and O–H groups in total. The maximum atomic E-state index is 11.8. The molecule has 0 spiro atoms. The molecule has 0 saturated heterocycles. The van der Waals surface area contributed by atoms with Crippen LogP contribution in [0.25, 0.3) is 5.78 Å². The minimum Gasteiger partial charge on any atom is -0.295 e. The average Bonchev–Trinajstić information content (AvgIpc) is 2.78. The zero-order chi connectivity index (χ0) is 16.5. The monoisotopic (exact) mass is 321 g/mol. The van der Waals surface area contributed by atoms with Crippen LogP contribution in [-0.4, -0.2) is 37.1 Å². The Bertz CT molecular complexity index is 733. The molecule has 118 valence electrons. The molecule has 0 fully saturated rings. The van der Waals surface area contributed by atoms with E-state index in [0.29, 0.717) is 10.9 Å². The molecule has 0 atom stereocenters. The van der Waals surface area contributed by atoms with Crippen molar-refractivity contribution < 1.29 is 9.59 Å². The summed E-state index contributed by atoms with van der Waals surface area (Å²) in [5.74, 6) is -0.0427. The van der Waals surface area contributed by atoms with Gasteiger partial charge >= 0.3 is 0 Å². The van der Waals surface area contributed by atoms with Gasteiger partial charge in [-0.15, -0.1) is 10.2 Å². The van der Waals surface area contributed by atoms with E-state index < -0.39 is 5.41 Å². The van der Waals surface area contributed by atoms with Gasteiger partial charge in [0, 0.05) is 16.8 Å². The van der Waals surface area contributed by atoms with Crippen LogP contribution < -0.4 is 5.32 Å². The number of hydrogen-bond donors (Lipinski definition) is 1.